The molecule has 2 aromatic rings. The number of fused-ring (bicyclic) bond motifs is 3. The van der Waals surface area contributed by atoms with Crippen molar-refractivity contribution >= 4 is 5.97 Å². The van der Waals surface area contributed by atoms with Crippen molar-refractivity contribution in [1.29, 1.82) is 0 Å². The van der Waals surface area contributed by atoms with E-state index < -0.39 is 23.0 Å². The van der Waals surface area contributed by atoms with Crippen molar-refractivity contribution in [2.24, 2.45) is 0 Å². The molecule has 0 radical (unpaired) electrons. The molecule has 3 rings (SSSR count). The summed E-state index contributed by atoms with van der Waals surface area (Å²) in [7, 11) is 3.16. The Hall–Kier alpha value is -2.84. The third kappa shape index (κ3) is 4.20. The highest BCUT2D eigenvalue weighted by Gasteiger charge is 2.35. The Kier molecular flexibility index (Phi) is 6.19. The van der Waals surface area contributed by atoms with Crippen molar-refractivity contribution in [3.05, 3.63) is 45.7 Å². The van der Waals surface area contributed by atoms with E-state index in [1.165, 1.54) is 19.4 Å². The minimum absolute atomic E-state index is 0.332. The number of aromatic nitrogens is 1. The maximum Gasteiger partial charge on any atom is 0.341 e. The Morgan fingerprint density at radius 2 is 1.93 bits per heavy atom. The van der Waals surface area contributed by atoms with E-state index in [2.05, 4.69) is 0 Å². The predicted molar refractivity (Wildman–Crippen MR) is 111 cm³/mol. The van der Waals surface area contributed by atoms with Gasteiger partial charge >= 0.3 is 5.97 Å². The molecular formula is C22H27NO7. The summed E-state index contributed by atoms with van der Waals surface area (Å²) in [5.74, 6) is -0.220. The van der Waals surface area contributed by atoms with Gasteiger partial charge in [-0.15, -0.1) is 0 Å². The number of hydrogen-bond donors (Lipinski definition) is 2. The van der Waals surface area contributed by atoms with Gasteiger partial charge in [0, 0.05) is 38.0 Å². The van der Waals surface area contributed by atoms with Gasteiger partial charge in [-0.3, -0.25) is 4.79 Å². The second kappa shape index (κ2) is 8.49. The molecule has 2 heterocycles. The number of hydrogen-bond acceptors (Lipinski definition) is 6. The quantitative estimate of drug-likeness (QED) is 0.636. The van der Waals surface area contributed by atoms with Crippen LogP contribution in [-0.4, -0.2) is 53.8 Å². The largest absolute Gasteiger partial charge is 0.493 e. The molecule has 0 saturated heterocycles. The minimum atomic E-state index is -1.30. The number of nitrogens with zero attached hydrogens (tertiary/aromatic N) is 1. The highest BCUT2D eigenvalue weighted by Crippen LogP contribution is 2.43. The SMILES string of the molecule is COCCCOc1cc2c(cc1OC)-c1cc(=O)c(C(=O)O)cn1[C@H](C(C)(C)O)C2. The molecule has 8 nitrogen and oxygen atoms in total. The first-order valence-corrected chi connectivity index (χ1v) is 9.72. The Bertz CT molecular complexity index is 1000. The molecule has 1 aromatic carbocycles. The van der Waals surface area contributed by atoms with Gasteiger partial charge in [-0.25, -0.2) is 4.79 Å². The van der Waals surface area contributed by atoms with Crippen LogP contribution in [-0.2, 0) is 11.2 Å². The fraction of sp³-hybridized carbons (Fsp3) is 0.455. The number of aliphatic hydroxyl groups is 1. The molecular weight excluding hydrogens is 390 g/mol. The van der Waals surface area contributed by atoms with Gasteiger partial charge in [-0.2, -0.15) is 0 Å². The fourth-order valence-corrected chi connectivity index (χ4v) is 3.75. The Labute approximate surface area is 174 Å². The van der Waals surface area contributed by atoms with Crippen LogP contribution in [0.1, 0.15) is 42.2 Å². The van der Waals surface area contributed by atoms with Gasteiger partial charge in [0.25, 0.3) is 0 Å². The lowest BCUT2D eigenvalue weighted by Gasteiger charge is -2.38. The average molecular weight is 417 g/mol. The van der Waals surface area contributed by atoms with Crippen LogP contribution in [0.2, 0.25) is 0 Å². The standard InChI is InChI=1S/C22H27NO7/c1-22(2,27)20-9-13-8-19(30-7-5-6-28-3)18(29-4)10-14(13)16-11-17(24)15(21(25)26)12-23(16)20/h8,10-12,20,27H,5-7,9H2,1-4H3,(H,25,26)/t20-/m0/s1. The van der Waals surface area contributed by atoms with E-state index in [1.54, 1.807) is 31.6 Å². The molecule has 1 aromatic heterocycles. The van der Waals surface area contributed by atoms with Gasteiger partial charge in [0.15, 0.2) is 16.9 Å². The molecule has 0 spiro atoms. The van der Waals surface area contributed by atoms with Crippen LogP contribution in [0.3, 0.4) is 0 Å². The number of carbonyl (C=O) groups is 1. The number of aromatic carboxylic acids is 1. The molecule has 1 atom stereocenters. The number of pyridine rings is 1. The maximum absolute atomic E-state index is 12.4. The molecule has 0 aliphatic carbocycles. The van der Waals surface area contributed by atoms with E-state index in [0.717, 1.165) is 17.5 Å². The van der Waals surface area contributed by atoms with Crippen molar-refractivity contribution < 1.29 is 29.2 Å². The zero-order chi connectivity index (χ0) is 22.1. The number of methoxy groups -OCH3 is 2. The molecule has 2 N–H and O–H groups in total. The zero-order valence-corrected chi connectivity index (χ0v) is 17.6. The summed E-state index contributed by atoms with van der Waals surface area (Å²) in [6.07, 6.45) is 2.47. The Morgan fingerprint density at radius 1 is 1.20 bits per heavy atom. The fourth-order valence-electron chi connectivity index (χ4n) is 3.75. The molecule has 162 valence electrons. The summed E-state index contributed by atoms with van der Waals surface area (Å²) >= 11 is 0. The van der Waals surface area contributed by atoms with E-state index in [4.69, 9.17) is 14.2 Å². The van der Waals surface area contributed by atoms with Gasteiger partial charge in [-0.05, 0) is 38.0 Å². The van der Waals surface area contributed by atoms with Crippen LogP contribution in [0.4, 0.5) is 0 Å². The van der Waals surface area contributed by atoms with Gasteiger partial charge in [0.2, 0.25) is 0 Å². The summed E-state index contributed by atoms with van der Waals surface area (Å²) in [5.41, 5.74) is 0.0771. The molecule has 0 bridgehead atoms. The van der Waals surface area contributed by atoms with Gasteiger partial charge in [0.1, 0.15) is 5.56 Å². The van der Waals surface area contributed by atoms with Crippen LogP contribution < -0.4 is 14.9 Å². The number of ether oxygens (including phenoxy) is 3. The Balaban J connectivity index is 2.14. The number of carboxylic acids is 1. The zero-order valence-electron chi connectivity index (χ0n) is 17.6. The van der Waals surface area contributed by atoms with Crippen molar-refractivity contribution in [3.8, 4) is 22.8 Å². The molecule has 0 saturated carbocycles. The number of rotatable bonds is 8. The van der Waals surface area contributed by atoms with Crippen molar-refractivity contribution in [2.45, 2.75) is 38.3 Å². The molecule has 30 heavy (non-hydrogen) atoms. The normalized spacial score (nSPS) is 15.3. The van der Waals surface area contributed by atoms with E-state index in [9.17, 15) is 19.8 Å². The highest BCUT2D eigenvalue weighted by molar-refractivity contribution is 5.88. The third-order valence-corrected chi connectivity index (χ3v) is 5.29. The highest BCUT2D eigenvalue weighted by atomic mass is 16.5. The minimum Gasteiger partial charge on any atom is -0.493 e. The monoisotopic (exact) mass is 417 g/mol. The topological polar surface area (TPSA) is 107 Å². The van der Waals surface area contributed by atoms with Gasteiger partial charge in [0.05, 0.1) is 31.1 Å². The first-order valence-electron chi connectivity index (χ1n) is 9.72. The van der Waals surface area contributed by atoms with Gasteiger partial charge in [-0.1, -0.05) is 0 Å². The van der Waals surface area contributed by atoms with Crippen LogP contribution in [0.25, 0.3) is 11.3 Å². The first kappa shape index (κ1) is 21.9. The molecule has 1 aliphatic heterocycles. The van der Waals surface area contributed by atoms with Crippen LogP contribution in [0.15, 0.2) is 29.2 Å². The Morgan fingerprint density at radius 3 is 2.53 bits per heavy atom. The second-order valence-corrected chi connectivity index (χ2v) is 7.88. The molecule has 0 fully saturated rings. The molecule has 0 unspecified atom stereocenters. The molecule has 8 heteroatoms. The summed E-state index contributed by atoms with van der Waals surface area (Å²) in [4.78, 5) is 23.9. The van der Waals surface area contributed by atoms with Gasteiger partial charge < -0.3 is 29.0 Å². The van der Waals surface area contributed by atoms with E-state index in [-0.39, 0.29) is 5.56 Å². The summed E-state index contributed by atoms with van der Waals surface area (Å²) in [6, 6.07) is 4.48. The van der Waals surface area contributed by atoms with E-state index in [0.29, 0.717) is 36.8 Å². The van der Waals surface area contributed by atoms with Crippen molar-refractivity contribution in [1.82, 2.24) is 4.57 Å². The third-order valence-electron chi connectivity index (χ3n) is 5.29. The lowest BCUT2D eigenvalue weighted by molar-refractivity contribution is 0.0220. The number of benzene rings is 1. The second-order valence-electron chi connectivity index (χ2n) is 7.88. The summed E-state index contributed by atoms with van der Waals surface area (Å²) in [5, 5.41) is 20.1. The van der Waals surface area contributed by atoms with E-state index in [1.807, 2.05) is 6.07 Å². The van der Waals surface area contributed by atoms with E-state index >= 15 is 0 Å². The summed E-state index contributed by atoms with van der Waals surface area (Å²) < 4.78 is 18.1. The predicted octanol–water partition coefficient (Wildman–Crippen LogP) is 2.51. The smallest absolute Gasteiger partial charge is 0.341 e. The van der Waals surface area contributed by atoms with Crippen molar-refractivity contribution in [3.63, 3.8) is 0 Å². The molecule has 0 amide bonds. The van der Waals surface area contributed by atoms with Crippen molar-refractivity contribution in [2.75, 3.05) is 27.4 Å². The first-order chi connectivity index (χ1) is 14.2. The molecule has 1 aliphatic rings. The van der Waals surface area contributed by atoms with Crippen LogP contribution >= 0.6 is 0 Å². The maximum atomic E-state index is 12.4. The summed E-state index contributed by atoms with van der Waals surface area (Å²) in [6.45, 7) is 4.36. The lowest BCUT2D eigenvalue weighted by atomic mass is 9.85. The van der Waals surface area contributed by atoms with Crippen LogP contribution in [0.5, 0.6) is 11.5 Å². The average Bonchev–Trinajstić information content (AvgIpc) is 2.68. The van der Waals surface area contributed by atoms with Crippen LogP contribution in [0, 0.1) is 0 Å². The number of carboxylic acid groups (broad SMARTS) is 1. The lowest BCUT2D eigenvalue weighted by Crippen LogP contribution is -2.38.